The molecule has 0 aliphatic carbocycles. The fraction of sp³-hybridized carbons (Fsp3) is 0.647. The van der Waals surface area contributed by atoms with E-state index in [9.17, 15) is 5.11 Å². The van der Waals surface area contributed by atoms with Crippen LogP contribution in [0.2, 0.25) is 0 Å². The first-order valence-corrected chi connectivity index (χ1v) is 7.97. The van der Waals surface area contributed by atoms with Crippen molar-refractivity contribution < 1.29 is 14.6 Å². The molecule has 21 heavy (non-hydrogen) atoms. The summed E-state index contributed by atoms with van der Waals surface area (Å²) in [4.78, 5) is 2.40. The van der Waals surface area contributed by atoms with Gasteiger partial charge in [0, 0.05) is 12.6 Å². The van der Waals surface area contributed by atoms with Crippen LogP contribution in [0.25, 0.3) is 0 Å². The summed E-state index contributed by atoms with van der Waals surface area (Å²) < 4.78 is 11.1. The molecule has 3 unspecified atom stereocenters. The highest BCUT2D eigenvalue weighted by atomic mass is 16.6. The number of β-amino-alcohol motifs (C(OH)–C–C–N with tert-alkyl or cyclic N) is 1. The molecule has 0 aromatic heterocycles. The number of rotatable bonds is 3. The average Bonchev–Trinajstić information content (AvgIpc) is 2.51. The molecule has 1 aromatic carbocycles. The molecule has 2 aliphatic heterocycles. The van der Waals surface area contributed by atoms with E-state index in [0.29, 0.717) is 31.7 Å². The van der Waals surface area contributed by atoms with Gasteiger partial charge in [-0.15, -0.1) is 0 Å². The van der Waals surface area contributed by atoms with E-state index in [1.54, 1.807) is 0 Å². The molecule has 1 fully saturated rings. The SMILES string of the molecule is CC1CCCN(CC(O)c2ccc3c(c2)OCCO3)C1C. The van der Waals surface area contributed by atoms with Gasteiger partial charge in [-0.2, -0.15) is 0 Å². The van der Waals surface area contributed by atoms with Crippen molar-refractivity contribution in [3.63, 3.8) is 0 Å². The number of benzene rings is 1. The molecule has 1 N–H and O–H groups in total. The molecule has 2 aliphatic rings. The number of piperidine rings is 1. The summed E-state index contributed by atoms with van der Waals surface area (Å²) in [6, 6.07) is 6.29. The lowest BCUT2D eigenvalue weighted by molar-refractivity contribution is 0.0510. The Morgan fingerprint density at radius 2 is 2.00 bits per heavy atom. The molecule has 116 valence electrons. The van der Waals surface area contributed by atoms with Gasteiger partial charge < -0.3 is 14.6 Å². The van der Waals surface area contributed by atoms with Gasteiger partial charge in [0.15, 0.2) is 11.5 Å². The highest BCUT2D eigenvalue weighted by Crippen LogP contribution is 2.33. The van der Waals surface area contributed by atoms with E-state index in [2.05, 4.69) is 18.7 Å². The van der Waals surface area contributed by atoms with Crippen LogP contribution >= 0.6 is 0 Å². The lowest BCUT2D eigenvalue weighted by Gasteiger charge is -2.39. The van der Waals surface area contributed by atoms with Gasteiger partial charge in [0.1, 0.15) is 13.2 Å². The van der Waals surface area contributed by atoms with Crippen molar-refractivity contribution in [1.29, 1.82) is 0 Å². The second-order valence-corrected chi connectivity index (χ2v) is 6.27. The van der Waals surface area contributed by atoms with Crippen molar-refractivity contribution in [3.8, 4) is 11.5 Å². The Balaban J connectivity index is 1.68. The van der Waals surface area contributed by atoms with Crippen molar-refractivity contribution in [2.45, 2.75) is 38.8 Å². The zero-order valence-electron chi connectivity index (χ0n) is 12.9. The summed E-state index contributed by atoms with van der Waals surface area (Å²) in [6.45, 7) is 7.50. The van der Waals surface area contributed by atoms with Crippen LogP contribution in [0.4, 0.5) is 0 Å². The van der Waals surface area contributed by atoms with Crippen LogP contribution in [0, 0.1) is 5.92 Å². The highest BCUT2D eigenvalue weighted by Gasteiger charge is 2.27. The Hall–Kier alpha value is -1.26. The Bertz CT molecular complexity index is 491. The van der Waals surface area contributed by atoms with Gasteiger partial charge in [-0.25, -0.2) is 0 Å². The minimum Gasteiger partial charge on any atom is -0.486 e. The molecule has 1 aromatic rings. The predicted octanol–water partition coefficient (Wildman–Crippen LogP) is 2.61. The molecule has 0 bridgehead atoms. The number of hydrogen-bond acceptors (Lipinski definition) is 4. The van der Waals surface area contributed by atoms with Crippen LogP contribution in [-0.2, 0) is 0 Å². The largest absolute Gasteiger partial charge is 0.486 e. The second kappa shape index (κ2) is 6.24. The molecule has 4 nitrogen and oxygen atoms in total. The normalized spacial score (nSPS) is 27.4. The fourth-order valence-electron chi connectivity index (χ4n) is 3.27. The van der Waals surface area contributed by atoms with Gasteiger partial charge in [-0.1, -0.05) is 13.0 Å². The number of likely N-dealkylation sites (tertiary alicyclic amines) is 1. The third-order valence-corrected chi connectivity index (χ3v) is 4.86. The lowest BCUT2D eigenvalue weighted by Crippen LogP contribution is -2.44. The number of aliphatic hydroxyl groups excluding tert-OH is 1. The molecule has 2 heterocycles. The van der Waals surface area contributed by atoms with Gasteiger partial charge in [-0.3, -0.25) is 4.90 Å². The lowest BCUT2D eigenvalue weighted by atomic mass is 9.91. The summed E-state index contributed by atoms with van der Waals surface area (Å²) in [7, 11) is 0. The van der Waals surface area contributed by atoms with Crippen LogP contribution in [0.15, 0.2) is 18.2 Å². The van der Waals surface area contributed by atoms with Crippen LogP contribution in [0.5, 0.6) is 11.5 Å². The van der Waals surface area contributed by atoms with E-state index in [4.69, 9.17) is 9.47 Å². The van der Waals surface area contributed by atoms with Gasteiger partial charge in [0.05, 0.1) is 6.10 Å². The summed E-state index contributed by atoms with van der Waals surface area (Å²) in [5.74, 6) is 2.22. The molecule has 0 amide bonds. The van der Waals surface area contributed by atoms with Gasteiger partial charge in [0.25, 0.3) is 0 Å². The molecular weight excluding hydrogens is 266 g/mol. The van der Waals surface area contributed by atoms with Crippen LogP contribution in [0.1, 0.15) is 38.4 Å². The Morgan fingerprint density at radius 1 is 1.24 bits per heavy atom. The van der Waals surface area contributed by atoms with Crippen molar-refractivity contribution in [3.05, 3.63) is 23.8 Å². The number of hydrogen-bond donors (Lipinski definition) is 1. The summed E-state index contributed by atoms with van der Waals surface area (Å²) >= 11 is 0. The summed E-state index contributed by atoms with van der Waals surface area (Å²) in [6.07, 6.45) is 2.03. The highest BCUT2D eigenvalue weighted by molar-refractivity contribution is 5.44. The average molecular weight is 291 g/mol. The number of ether oxygens (including phenoxy) is 2. The van der Waals surface area contributed by atoms with E-state index < -0.39 is 6.10 Å². The standard InChI is InChI=1S/C17H25NO3/c1-12-4-3-7-18(13(12)2)11-15(19)14-5-6-16-17(10-14)21-9-8-20-16/h5-6,10,12-13,15,19H,3-4,7-9,11H2,1-2H3. The molecular formula is C17H25NO3. The van der Waals surface area contributed by atoms with E-state index >= 15 is 0 Å². The quantitative estimate of drug-likeness (QED) is 0.929. The molecule has 3 rings (SSSR count). The van der Waals surface area contributed by atoms with Crippen molar-refractivity contribution >= 4 is 0 Å². The Labute approximate surface area is 126 Å². The van der Waals surface area contributed by atoms with Crippen molar-refractivity contribution in [2.75, 3.05) is 26.3 Å². The van der Waals surface area contributed by atoms with Crippen molar-refractivity contribution in [1.82, 2.24) is 4.90 Å². The third-order valence-electron chi connectivity index (χ3n) is 4.86. The maximum absolute atomic E-state index is 10.5. The van der Waals surface area contributed by atoms with Crippen LogP contribution in [-0.4, -0.2) is 42.4 Å². The molecule has 1 saturated heterocycles. The molecule has 0 spiro atoms. The molecule has 0 saturated carbocycles. The van der Waals surface area contributed by atoms with E-state index in [-0.39, 0.29) is 0 Å². The second-order valence-electron chi connectivity index (χ2n) is 6.27. The minimum atomic E-state index is -0.478. The van der Waals surface area contributed by atoms with Gasteiger partial charge in [0.2, 0.25) is 0 Å². The fourth-order valence-corrected chi connectivity index (χ4v) is 3.27. The Kier molecular flexibility index (Phi) is 4.36. The first-order valence-electron chi connectivity index (χ1n) is 7.97. The Morgan fingerprint density at radius 3 is 2.81 bits per heavy atom. The maximum atomic E-state index is 10.5. The summed E-state index contributed by atoms with van der Waals surface area (Å²) in [5.41, 5.74) is 0.907. The zero-order valence-corrected chi connectivity index (χ0v) is 12.9. The third kappa shape index (κ3) is 3.16. The molecule has 0 radical (unpaired) electrons. The first-order chi connectivity index (χ1) is 10.1. The zero-order chi connectivity index (χ0) is 14.8. The van der Waals surface area contributed by atoms with E-state index in [1.807, 2.05) is 18.2 Å². The number of aliphatic hydroxyl groups is 1. The van der Waals surface area contributed by atoms with Crippen molar-refractivity contribution in [2.24, 2.45) is 5.92 Å². The minimum absolute atomic E-state index is 0.478. The van der Waals surface area contributed by atoms with Crippen LogP contribution < -0.4 is 9.47 Å². The van der Waals surface area contributed by atoms with E-state index in [1.165, 1.54) is 12.8 Å². The number of nitrogens with zero attached hydrogens (tertiary/aromatic N) is 1. The number of fused-ring (bicyclic) bond motifs is 1. The topological polar surface area (TPSA) is 41.9 Å². The smallest absolute Gasteiger partial charge is 0.161 e. The first kappa shape index (κ1) is 14.7. The molecule has 4 heteroatoms. The maximum Gasteiger partial charge on any atom is 0.161 e. The monoisotopic (exact) mass is 291 g/mol. The van der Waals surface area contributed by atoms with Gasteiger partial charge >= 0.3 is 0 Å². The van der Waals surface area contributed by atoms with Gasteiger partial charge in [-0.05, 0) is 49.9 Å². The summed E-state index contributed by atoms with van der Waals surface area (Å²) in [5, 5.41) is 10.5. The van der Waals surface area contributed by atoms with E-state index in [0.717, 1.165) is 23.6 Å². The molecule has 3 atom stereocenters. The predicted molar refractivity (Wildman–Crippen MR) is 81.8 cm³/mol. The van der Waals surface area contributed by atoms with Crippen LogP contribution in [0.3, 0.4) is 0 Å².